The molecule has 114 valence electrons. The van der Waals surface area contributed by atoms with Crippen molar-refractivity contribution in [1.82, 2.24) is 5.32 Å². The molecule has 0 unspecified atom stereocenters. The van der Waals surface area contributed by atoms with Crippen LogP contribution >= 0.6 is 0 Å². The molecule has 1 aromatic rings. The smallest absolute Gasteiger partial charge is 0.122 e. The van der Waals surface area contributed by atoms with E-state index < -0.39 is 0 Å². The zero-order valence-corrected chi connectivity index (χ0v) is 12.7. The van der Waals surface area contributed by atoms with Crippen LogP contribution in [0.25, 0.3) is 0 Å². The second-order valence-corrected chi connectivity index (χ2v) is 4.56. The zero-order chi connectivity index (χ0) is 14.5. The Morgan fingerprint density at radius 1 is 0.950 bits per heavy atom. The van der Waals surface area contributed by atoms with Gasteiger partial charge in [0.2, 0.25) is 0 Å². The van der Waals surface area contributed by atoms with Crippen LogP contribution in [0.2, 0.25) is 0 Å². The number of ether oxygens (including phenoxy) is 3. The van der Waals surface area contributed by atoms with Gasteiger partial charge in [0.25, 0.3) is 0 Å². The minimum absolute atomic E-state index is 0.679. The molecule has 0 aliphatic heterocycles. The predicted octanol–water partition coefficient (Wildman–Crippen LogP) is 2.87. The second kappa shape index (κ2) is 11.6. The molecule has 0 saturated heterocycles. The molecule has 20 heavy (non-hydrogen) atoms. The molecular formula is C16H27NO3. The van der Waals surface area contributed by atoms with Crippen LogP contribution in [0, 0.1) is 0 Å². The molecular weight excluding hydrogens is 254 g/mol. The lowest BCUT2D eigenvalue weighted by molar-refractivity contribution is 0.194. The van der Waals surface area contributed by atoms with E-state index in [1.807, 2.05) is 31.2 Å². The quantitative estimate of drug-likeness (QED) is 0.598. The molecule has 1 N–H and O–H groups in total. The van der Waals surface area contributed by atoms with Gasteiger partial charge in [-0.15, -0.1) is 0 Å². The van der Waals surface area contributed by atoms with E-state index in [0.29, 0.717) is 6.61 Å². The molecule has 0 saturated carbocycles. The Balaban J connectivity index is 2.02. The summed E-state index contributed by atoms with van der Waals surface area (Å²) in [5.74, 6) is 1.74. The van der Waals surface area contributed by atoms with Crippen molar-refractivity contribution in [3.63, 3.8) is 0 Å². The molecule has 0 bridgehead atoms. The minimum Gasteiger partial charge on any atom is -0.494 e. The molecule has 0 aliphatic rings. The maximum Gasteiger partial charge on any atom is 0.122 e. The first-order chi connectivity index (χ1) is 9.86. The highest BCUT2D eigenvalue weighted by atomic mass is 16.5. The average molecular weight is 281 g/mol. The van der Waals surface area contributed by atoms with E-state index in [1.54, 1.807) is 7.11 Å². The second-order valence-electron chi connectivity index (χ2n) is 4.56. The molecule has 1 aromatic carbocycles. The lowest BCUT2D eigenvalue weighted by Gasteiger charge is -2.09. The van der Waals surface area contributed by atoms with Crippen molar-refractivity contribution in [3.8, 4) is 11.5 Å². The van der Waals surface area contributed by atoms with E-state index in [1.165, 1.54) is 0 Å². The summed E-state index contributed by atoms with van der Waals surface area (Å²) in [5, 5.41) is 3.39. The fourth-order valence-electron chi connectivity index (χ4n) is 1.83. The number of hydrogen-bond donors (Lipinski definition) is 1. The standard InChI is InChI=1S/C16H27NO3/c1-3-19-15-8-6-9-16(14-15)20-13-5-4-10-17-11-7-12-18-2/h6,8-9,14,17H,3-5,7,10-13H2,1-2H3. The van der Waals surface area contributed by atoms with Crippen molar-refractivity contribution in [1.29, 1.82) is 0 Å². The zero-order valence-electron chi connectivity index (χ0n) is 12.7. The first-order valence-electron chi connectivity index (χ1n) is 7.42. The highest BCUT2D eigenvalue weighted by Gasteiger charge is 1.97. The van der Waals surface area contributed by atoms with Crippen molar-refractivity contribution >= 4 is 0 Å². The monoisotopic (exact) mass is 281 g/mol. The Kier molecular flexibility index (Phi) is 9.70. The van der Waals surface area contributed by atoms with Crippen LogP contribution in [0.5, 0.6) is 11.5 Å². The topological polar surface area (TPSA) is 39.7 Å². The Hall–Kier alpha value is -1.26. The summed E-state index contributed by atoms with van der Waals surface area (Å²) < 4.78 is 16.1. The molecule has 4 nitrogen and oxygen atoms in total. The fourth-order valence-corrected chi connectivity index (χ4v) is 1.83. The third kappa shape index (κ3) is 8.02. The van der Waals surface area contributed by atoms with Gasteiger partial charge in [-0.05, 0) is 51.4 Å². The van der Waals surface area contributed by atoms with Gasteiger partial charge in [0, 0.05) is 19.8 Å². The Labute approximate surface area is 122 Å². The van der Waals surface area contributed by atoms with Gasteiger partial charge in [-0.3, -0.25) is 0 Å². The van der Waals surface area contributed by atoms with Crippen LogP contribution in [0.15, 0.2) is 24.3 Å². The SMILES string of the molecule is CCOc1cccc(OCCCCNCCCOC)c1. The van der Waals surface area contributed by atoms with Crippen LogP contribution in [0.3, 0.4) is 0 Å². The molecule has 0 amide bonds. The van der Waals surface area contributed by atoms with E-state index >= 15 is 0 Å². The number of benzene rings is 1. The fraction of sp³-hybridized carbons (Fsp3) is 0.625. The molecule has 4 heteroatoms. The highest BCUT2D eigenvalue weighted by Crippen LogP contribution is 2.19. The van der Waals surface area contributed by atoms with Crippen molar-refractivity contribution in [2.45, 2.75) is 26.2 Å². The van der Waals surface area contributed by atoms with Crippen LogP contribution in [-0.2, 0) is 4.74 Å². The van der Waals surface area contributed by atoms with Crippen molar-refractivity contribution in [2.24, 2.45) is 0 Å². The number of rotatable bonds is 12. The normalized spacial score (nSPS) is 10.5. The lowest BCUT2D eigenvalue weighted by Crippen LogP contribution is -2.18. The predicted molar refractivity (Wildman–Crippen MR) is 81.7 cm³/mol. The summed E-state index contributed by atoms with van der Waals surface area (Å²) in [6.45, 7) is 6.28. The Morgan fingerprint density at radius 3 is 2.45 bits per heavy atom. The molecule has 0 aliphatic carbocycles. The van der Waals surface area contributed by atoms with E-state index in [-0.39, 0.29) is 0 Å². The summed E-state index contributed by atoms with van der Waals surface area (Å²) >= 11 is 0. The van der Waals surface area contributed by atoms with Crippen LogP contribution in [0.1, 0.15) is 26.2 Å². The Morgan fingerprint density at radius 2 is 1.70 bits per heavy atom. The van der Waals surface area contributed by atoms with Crippen molar-refractivity contribution < 1.29 is 14.2 Å². The minimum atomic E-state index is 0.679. The average Bonchev–Trinajstić information content (AvgIpc) is 2.46. The first-order valence-corrected chi connectivity index (χ1v) is 7.42. The molecule has 0 atom stereocenters. The molecule has 0 heterocycles. The number of nitrogens with one attached hydrogen (secondary N) is 1. The summed E-state index contributed by atoms with van der Waals surface area (Å²) in [7, 11) is 1.73. The number of hydrogen-bond acceptors (Lipinski definition) is 4. The van der Waals surface area contributed by atoms with Crippen molar-refractivity contribution in [3.05, 3.63) is 24.3 Å². The van der Waals surface area contributed by atoms with E-state index in [4.69, 9.17) is 14.2 Å². The van der Waals surface area contributed by atoms with Gasteiger partial charge < -0.3 is 19.5 Å². The maximum atomic E-state index is 5.71. The van der Waals surface area contributed by atoms with E-state index in [9.17, 15) is 0 Å². The molecule has 0 fully saturated rings. The molecule has 0 spiro atoms. The van der Waals surface area contributed by atoms with Crippen LogP contribution in [0.4, 0.5) is 0 Å². The maximum absolute atomic E-state index is 5.71. The summed E-state index contributed by atoms with van der Waals surface area (Å²) in [5.41, 5.74) is 0. The largest absolute Gasteiger partial charge is 0.494 e. The lowest BCUT2D eigenvalue weighted by atomic mass is 10.3. The first kappa shape index (κ1) is 16.8. The highest BCUT2D eigenvalue weighted by molar-refractivity contribution is 5.32. The van der Waals surface area contributed by atoms with Gasteiger partial charge in [-0.25, -0.2) is 0 Å². The van der Waals surface area contributed by atoms with Gasteiger partial charge in [0.05, 0.1) is 13.2 Å². The van der Waals surface area contributed by atoms with Crippen molar-refractivity contribution in [2.75, 3.05) is 40.0 Å². The molecule has 0 aromatic heterocycles. The van der Waals surface area contributed by atoms with E-state index in [2.05, 4.69) is 5.32 Å². The molecule has 0 radical (unpaired) electrons. The van der Waals surface area contributed by atoms with Crippen LogP contribution < -0.4 is 14.8 Å². The van der Waals surface area contributed by atoms with Gasteiger partial charge in [0.1, 0.15) is 11.5 Å². The molecule has 1 rings (SSSR count). The summed E-state index contributed by atoms with van der Waals surface area (Å²) in [4.78, 5) is 0. The van der Waals surface area contributed by atoms with Gasteiger partial charge in [0.15, 0.2) is 0 Å². The summed E-state index contributed by atoms with van der Waals surface area (Å²) in [6.07, 6.45) is 3.24. The third-order valence-corrected chi connectivity index (χ3v) is 2.84. The third-order valence-electron chi connectivity index (χ3n) is 2.84. The number of unbranched alkanes of at least 4 members (excludes halogenated alkanes) is 1. The van der Waals surface area contributed by atoms with Gasteiger partial charge in [-0.1, -0.05) is 6.07 Å². The van der Waals surface area contributed by atoms with Gasteiger partial charge >= 0.3 is 0 Å². The van der Waals surface area contributed by atoms with E-state index in [0.717, 1.165) is 57.1 Å². The van der Waals surface area contributed by atoms with Gasteiger partial charge in [-0.2, -0.15) is 0 Å². The van der Waals surface area contributed by atoms with Crippen LogP contribution in [-0.4, -0.2) is 40.0 Å². The summed E-state index contributed by atoms with van der Waals surface area (Å²) in [6, 6.07) is 7.80. The number of methoxy groups -OCH3 is 1. The Bertz CT molecular complexity index is 344.